The van der Waals surface area contributed by atoms with Crippen LogP contribution in [0.2, 0.25) is 0 Å². The number of aromatic nitrogens is 1. The van der Waals surface area contributed by atoms with Crippen molar-refractivity contribution in [2.45, 2.75) is 0 Å². The molecule has 7 heteroatoms. The van der Waals surface area contributed by atoms with Gasteiger partial charge in [-0.15, -0.1) is 0 Å². The van der Waals surface area contributed by atoms with Crippen LogP contribution in [0.25, 0.3) is 10.9 Å². The number of benzene rings is 1. The predicted molar refractivity (Wildman–Crippen MR) is 70.2 cm³/mol. The Morgan fingerprint density at radius 2 is 2.16 bits per heavy atom. The minimum absolute atomic E-state index is 0.00986. The maximum Gasteiger partial charge on any atom is 0.388 e. The summed E-state index contributed by atoms with van der Waals surface area (Å²) in [5, 5.41) is 11.7. The Bertz CT molecular complexity index is 711. The topological polar surface area (TPSA) is 104 Å². The molecule has 96 valence electrons. The van der Waals surface area contributed by atoms with Gasteiger partial charge in [0.15, 0.2) is 5.52 Å². The van der Waals surface area contributed by atoms with Crippen molar-refractivity contribution >= 4 is 28.3 Å². The summed E-state index contributed by atoms with van der Waals surface area (Å²) in [6.07, 6.45) is 0. The number of pyridine rings is 1. The van der Waals surface area contributed by atoms with Crippen LogP contribution >= 0.6 is 0 Å². The van der Waals surface area contributed by atoms with E-state index < -0.39 is 4.92 Å². The number of rotatable bonds is 2. The molecule has 2 aromatic rings. The molecule has 0 amide bonds. The summed E-state index contributed by atoms with van der Waals surface area (Å²) in [4.78, 5) is 18.6. The van der Waals surface area contributed by atoms with E-state index >= 15 is 0 Å². The van der Waals surface area contributed by atoms with Crippen LogP contribution in [0.3, 0.4) is 0 Å². The molecule has 0 aliphatic carbocycles. The highest BCUT2D eigenvalue weighted by molar-refractivity contribution is 6.12. The van der Waals surface area contributed by atoms with Gasteiger partial charge in [-0.3, -0.25) is 0 Å². The zero-order chi connectivity index (χ0) is 13.4. The molecule has 0 unspecified atom stereocenters. The average Bonchev–Trinajstić information content (AvgIpc) is 2.91. The van der Waals surface area contributed by atoms with Crippen LogP contribution in [0.1, 0.15) is 5.56 Å². The molecule has 0 saturated heterocycles. The van der Waals surface area contributed by atoms with E-state index in [1.165, 1.54) is 0 Å². The normalized spacial score (nSPS) is 14.2. The monoisotopic (exact) mass is 258 g/mol. The van der Waals surface area contributed by atoms with Crippen LogP contribution in [-0.2, 0) is 4.74 Å². The van der Waals surface area contributed by atoms with E-state index in [0.717, 1.165) is 0 Å². The Balaban J connectivity index is 2.38. The highest BCUT2D eigenvalue weighted by atomic mass is 16.6. The summed E-state index contributed by atoms with van der Waals surface area (Å²) < 4.78 is 5.38. The van der Waals surface area contributed by atoms with E-state index in [0.29, 0.717) is 35.5 Å². The van der Waals surface area contributed by atoms with Crippen LogP contribution in [0.15, 0.2) is 29.3 Å². The predicted octanol–water partition coefficient (Wildman–Crippen LogP) is 1.50. The van der Waals surface area contributed by atoms with Gasteiger partial charge in [-0.2, -0.15) is 0 Å². The van der Waals surface area contributed by atoms with Crippen LogP contribution < -0.4 is 5.73 Å². The zero-order valence-corrected chi connectivity index (χ0v) is 9.87. The summed E-state index contributed by atoms with van der Waals surface area (Å²) in [6, 6.07) is 7.06. The third kappa shape index (κ3) is 1.75. The van der Waals surface area contributed by atoms with Crippen LogP contribution in [0.5, 0.6) is 0 Å². The molecule has 1 aromatic heterocycles. The van der Waals surface area contributed by atoms with E-state index in [4.69, 9.17) is 10.5 Å². The van der Waals surface area contributed by atoms with Gasteiger partial charge in [-0.25, -0.2) is 4.99 Å². The molecule has 0 spiro atoms. The number of nitrogens with two attached hydrogens (primary N) is 1. The lowest BCUT2D eigenvalue weighted by molar-refractivity contribution is -0.388. The molecule has 7 nitrogen and oxygen atoms in total. The van der Waals surface area contributed by atoms with E-state index in [9.17, 15) is 10.1 Å². The second-order valence-electron chi connectivity index (χ2n) is 4.03. The molecule has 1 aliphatic rings. The Hall–Kier alpha value is -2.70. The third-order valence-corrected chi connectivity index (χ3v) is 2.88. The van der Waals surface area contributed by atoms with Crippen molar-refractivity contribution in [2.75, 3.05) is 18.9 Å². The maximum absolute atomic E-state index is 11.0. The second-order valence-corrected chi connectivity index (χ2v) is 4.03. The number of hydrogen-bond donors (Lipinski definition) is 1. The van der Waals surface area contributed by atoms with Gasteiger partial charge >= 0.3 is 5.82 Å². The lowest BCUT2D eigenvalue weighted by Gasteiger charge is -2.08. The number of hydrogen-bond acceptors (Lipinski definition) is 6. The zero-order valence-electron chi connectivity index (χ0n) is 9.87. The largest absolute Gasteiger partial charge is 0.475 e. The second kappa shape index (κ2) is 4.20. The molecule has 0 atom stereocenters. The van der Waals surface area contributed by atoms with E-state index in [1.807, 2.05) is 6.07 Å². The van der Waals surface area contributed by atoms with Gasteiger partial charge in [-0.05, 0) is 22.0 Å². The summed E-state index contributed by atoms with van der Waals surface area (Å²) in [6.45, 7) is 0.985. The van der Waals surface area contributed by atoms with E-state index in [-0.39, 0.29) is 11.5 Å². The van der Waals surface area contributed by atoms with Crippen molar-refractivity contribution in [3.8, 4) is 0 Å². The van der Waals surface area contributed by atoms with Gasteiger partial charge in [0.05, 0.1) is 12.1 Å². The van der Waals surface area contributed by atoms with Gasteiger partial charge in [-0.1, -0.05) is 12.1 Å². The van der Waals surface area contributed by atoms with Crippen molar-refractivity contribution in [3.05, 3.63) is 39.9 Å². The summed E-state index contributed by atoms with van der Waals surface area (Å²) in [5.41, 5.74) is 6.81. The molecule has 1 aliphatic heterocycles. The van der Waals surface area contributed by atoms with Crippen molar-refractivity contribution in [2.24, 2.45) is 4.99 Å². The Morgan fingerprint density at radius 1 is 1.37 bits per heavy atom. The first kappa shape index (κ1) is 11.4. The van der Waals surface area contributed by atoms with Crippen LogP contribution in [0, 0.1) is 10.1 Å². The first-order chi connectivity index (χ1) is 9.18. The molecule has 0 bridgehead atoms. The molecule has 2 heterocycles. The highest BCUT2D eigenvalue weighted by Crippen LogP contribution is 2.31. The van der Waals surface area contributed by atoms with Gasteiger partial charge < -0.3 is 20.6 Å². The lowest BCUT2D eigenvalue weighted by Crippen LogP contribution is -2.10. The van der Waals surface area contributed by atoms with Gasteiger partial charge in [0, 0.05) is 5.39 Å². The van der Waals surface area contributed by atoms with Gasteiger partial charge in [0.1, 0.15) is 12.3 Å². The Kier molecular flexibility index (Phi) is 2.52. The Labute approximate surface area is 107 Å². The molecule has 0 saturated carbocycles. The number of nitrogen functional groups attached to an aromatic ring is 1. The standard InChI is InChI=1S/C12H10N4O3/c13-10-9(12-14-5-6-19-12)7-3-1-2-4-8(7)15-11(10)16(17)18/h1-4H,5-6,13H2. The van der Waals surface area contributed by atoms with Crippen molar-refractivity contribution < 1.29 is 9.66 Å². The van der Waals surface area contributed by atoms with Crippen molar-refractivity contribution in [1.82, 2.24) is 4.98 Å². The summed E-state index contributed by atoms with van der Waals surface area (Å²) in [5.74, 6) is -0.0221. The fourth-order valence-corrected chi connectivity index (χ4v) is 2.07. The maximum atomic E-state index is 11.0. The molecule has 2 N–H and O–H groups in total. The number of ether oxygens (including phenoxy) is 1. The van der Waals surface area contributed by atoms with Crippen molar-refractivity contribution in [3.63, 3.8) is 0 Å². The quantitative estimate of drug-likeness (QED) is 0.649. The van der Waals surface area contributed by atoms with Crippen LogP contribution in [0.4, 0.5) is 11.5 Å². The van der Waals surface area contributed by atoms with E-state index in [1.54, 1.807) is 18.2 Å². The lowest BCUT2D eigenvalue weighted by atomic mass is 10.1. The fourth-order valence-electron chi connectivity index (χ4n) is 2.07. The first-order valence-electron chi connectivity index (χ1n) is 5.68. The van der Waals surface area contributed by atoms with Gasteiger partial charge in [0.2, 0.25) is 5.90 Å². The average molecular weight is 258 g/mol. The molecule has 3 rings (SSSR count). The number of fused-ring (bicyclic) bond motifs is 1. The highest BCUT2D eigenvalue weighted by Gasteiger charge is 2.26. The molecule has 1 aromatic carbocycles. The molecule has 19 heavy (non-hydrogen) atoms. The minimum Gasteiger partial charge on any atom is -0.475 e. The fraction of sp³-hybridized carbons (Fsp3) is 0.167. The number of para-hydroxylation sites is 1. The molecular weight excluding hydrogens is 248 g/mol. The SMILES string of the molecule is Nc1c([N+](=O)[O-])nc2ccccc2c1C1=NCCO1. The molecular formula is C12H10N4O3. The number of anilines is 1. The minimum atomic E-state index is -0.596. The number of nitrogens with zero attached hydrogens (tertiary/aromatic N) is 3. The van der Waals surface area contributed by atoms with Crippen molar-refractivity contribution in [1.29, 1.82) is 0 Å². The summed E-state index contributed by atoms with van der Waals surface area (Å²) in [7, 11) is 0. The first-order valence-corrected chi connectivity index (χ1v) is 5.68. The van der Waals surface area contributed by atoms with Gasteiger partial charge in [0.25, 0.3) is 0 Å². The number of nitro groups is 1. The van der Waals surface area contributed by atoms with Crippen LogP contribution in [-0.4, -0.2) is 29.0 Å². The summed E-state index contributed by atoms with van der Waals surface area (Å²) >= 11 is 0. The molecule has 0 fully saturated rings. The third-order valence-electron chi connectivity index (χ3n) is 2.88. The Morgan fingerprint density at radius 3 is 2.84 bits per heavy atom. The van der Waals surface area contributed by atoms with E-state index in [2.05, 4.69) is 9.98 Å². The molecule has 0 radical (unpaired) electrons. The number of aliphatic imine (C=N–C) groups is 1. The smallest absolute Gasteiger partial charge is 0.388 e.